The summed E-state index contributed by atoms with van der Waals surface area (Å²) >= 11 is 5.88. The first-order valence-corrected chi connectivity index (χ1v) is 4.57. The maximum absolute atomic E-state index is 5.88. The molecule has 0 aromatic heterocycles. The van der Waals surface area contributed by atoms with Gasteiger partial charge >= 0.3 is 0 Å². The van der Waals surface area contributed by atoms with Crippen molar-refractivity contribution in [2.75, 3.05) is 0 Å². The SMILES string of the molecule is C=C(C)/C=C(\C)c1cccc(Cl)c1. The van der Waals surface area contributed by atoms with E-state index in [4.69, 9.17) is 11.6 Å². The molecule has 0 radical (unpaired) electrons. The molecular formula is C12H13Cl. The van der Waals surface area contributed by atoms with Crippen LogP contribution in [-0.4, -0.2) is 0 Å². The van der Waals surface area contributed by atoms with Crippen molar-refractivity contribution in [2.24, 2.45) is 0 Å². The monoisotopic (exact) mass is 192 g/mol. The van der Waals surface area contributed by atoms with Crippen LogP contribution in [0.3, 0.4) is 0 Å². The van der Waals surface area contributed by atoms with Gasteiger partial charge in [0.15, 0.2) is 0 Å². The second-order valence-electron chi connectivity index (χ2n) is 3.18. The number of hydrogen-bond acceptors (Lipinski definition) is 0. The Morgan fingerprint density at radius 3 is 2.62 bits per heavy atom. The summed E-state index contributed by atoms with van der Waals surface area (Å²) in [5.74, 6) is 0. The molecule has 0 saturated carbocycles. The third-order valence-corrected chi connectivity index (χ3v) is 1.98. The standard InChI is InChI=1S/C12H13Cl/c1-9(2)7-10(3)11-5-4-6-12(13)8-11/h4-8H,1H2,2-3H3/b10-7+. The van der Waals surface area contributed by atoms with E-state index in [1.165, 1.54) is 5.57 Å². The van der Waals surface area contributed by atoms with Crippen molar-refractivity contribution < 1.29 is 0 Å². The van der Waals surface area contributed by atoms with Crippen LogP contribution < -0.4 is 0 Å². The van der Waals surface area contributed by atoms with Crippen molar-refractivity contribution in [1.29, 1.82) is 0 Å². The van der Waals surface area contributed by atoms with E-state index in [0.717, 1.165) is 16.2 Å². The predicted molar refractivity (Wildman–Crippen MR) is 59.9 cm³/mol. The number of benzene rings is 1. The van der Waals surface area contributed by atoms with E-state index in [-0.39, 0.29) is 0 Å². The first-order chi connectivity index (χ1) is 6.09. The first-order valence-electron chi connectivity index (χ1n) is 4.19. The Hall–Kier alpha value is -1.01. The molecule has 0 fully saturated rings. The van der Waals surface area contributed by atoms with Gasteiger partial charge in [0.25, 0.3) is 0 Å². The Bertz CT molecular complexity index is 348. The zero-order valence-corrected chi connectivity index (χ0v) is 8.73. The van der Waals surface area contributed by atoms with Gasteiger partial charge in [-0.1, -0.05) is 42.0 Å². The predicted octanol–water partition coefficient (Wildman–Crippen LogP) is 4.32. The molecule has 0 saturated heterocycles. The molecule has 1 aromatic rings. The molecule has 0 N–H and O–H groups in total. The van der Waals surface area contributed by atoms with Crippen LogP contribution in [0.4, 0.5) is 0 Å². The molecule has 68 valence electrons. The van der Waals surface area contributed by atoms with Crippen molar-refractivity contribution in [2.45, 2.75) is 13.8 Å². The van der Waals surface area contributed by atoms with Crippen molar-refractivity contribution in [1.82, 2.24) is 0 Å². The molecular weight excluding hydrogens is 180 g/mol. The van der Waals surface area contributed by atoms with Crippen molar-refractivity contribution >= 4 is 17.2 Å². The van der Waals surface area contributed by atoms with Crippen molar-refractivity contribution in [3.63, 3.8) is 0 Å². The third-order valence-electron chi connectivity index (χ3n) is 1.74. The van der Waals surface area contributed by atoms with Crippen LogP contribution >= 0.6 is 11.6 Å². The minimum Gasteiger partial charge on any atom is -0.0961 e. The highest BCUT2D eigenvalue weighted by atomic mass is 35.5. The lowest BCUT2D eigenvalue weighted by atomic mass is 10.1. The van der Waals surface area contributed by atoms with Crippen LogP contribution in [0.15, 0.2) is 42.5 Å². The van der Waals surface area contributed by atoms with Crippen LogP contribution in [0.5, 0.6) is 0 Å². The lowest BCUT2D eigenvalue weighted by Crippen LogP contribution is -1.79. The maximum atomic E-state index is 5.88. The lowest BCUT2D eigenvalue weighted by Gasteiger charge is -2.01. The largest absolute Gasteiger partial charge is 0.0961 e. The van der Waals surface area contributed by atoms with E-state index < -0.39 is 0 Å². The Labute approximate surface area is 84.5 Å². The molecule has 1 heteroatoms. The second kappa shape index (κ2) is 4.29. The van der Waals surface area contributed by atoms with Gasteiger partial charge in [0, 0.05) is 5.02 Å². The maximum Gasteiger partial charge on any atom is 0.0412 e. The summed E-state index contributed by atoms with van der Waals surface area (Å²) in [6.45, 7) is 7.87. The van der Waals surface area contributed by atoms with Gasteiger partial charge in [-0.05, 0) is 37.1 Å². The van der Waals surface area contributed by atoms with E-state index >= 15 is 0 Å². The molecule has 1 rings (SSSR count). The van der Waals surface area contributed by atoms with E-state index in [1.807, 2.05) is 37.3 Å². The zero-order chi connectivity index (χ0) is 9.84. The summed E-state index contributed by atoms with van der Waals surface area (Å²) in [7, 11) is 0. The van der Waals surface area contributed by atoms with E-state index in [2.05, 4.69) is 13.5 Å². The number of rotatable bonds is 2. The number of allylic oxidation sites excluding steroid dienone is 3. The fourth-order valence-electron chi connectivity index (χ4n) is 1.19. The van der Waals surface area contributed by atoms with Gasteiger partial charge in [-0.3, -0.25) is 0 Å². The minimum absolute atomic E-state index is 0.770. The van der Waals surface area contributed by atoms with Crippen LogP contribution in [0.25, 0.3) is 5.57 Å². The summed E-state index contributed by atoms with van der Waals surface area (Å²) in [5.41, 5.74) is 3.39. The summed E-state index contributed by atoms with van der Waals surface area (Å²) < 4.78 is 0. The molecule has 0 aliphatic carbocycles. The van der Waals surface area contributed by atoms with Gasteiger partial charge in [-0.2, -0.15) is 0 Å². The van der Waals surface area contributed by atoms with Crippen molar-refractivity contribution in [3.8, 4) is 0 Å². The molecule has 0 amide bonds. The highest BCUT2D eigenvalue weighted by molar-refractivity contribution is 6.30. The topological polar surface area (TPSA) is 0 Å². The van der Waals surface area contributed by atoms with Gasteiger partial charge in [0.1, 0.15) is 0 Å². The smallest absolute Gasteiger partial charge is 0.0412 e. The summed E-state index contributed by atoms with van der Waals surface area (Å²) in [6.07, 6.45) is 2.05. The quantitative estimate of drug-likeness (QED) is 0.613. The zero-order valence-electron chi connectivity index (χ0n) is 7.97. The van der Waals surface area contributed by atoms with Gasteiger partial charge in [0.2, 0.25) is 0 Å². The molecule has 0 aliphatic heterocycles. The van der Waals surface area contributed by atoms with Gasteiger partial charge in [-0.25, -0.2) is 0 Å². The molecule has 0 nitrogen and oxygen atoms in total. The molecule has 0 bridgehead atoms. The van der Waals surface area contributed by atoms with Gasteiger partial charge < -0.3 is 0 Å². The fraction of sp³-hybridized carbons (Fsp3) is 0.167. The van der Waals surface area contributed by atoms with Crippen LogP contribution in [-0.2, 0) is 0 Å². The molecule has 0 spiro atoms. The summed E-state index contributed by atoms with van der Waals surface area (Å²) in [6, 6.07) is 7.82. The van der Waals surface area contributed by atoms with Crippen LogP contribution in [0.2, 0.25) is 5.02 Å². The summed E-state index contributed by atoms with van der Waals surface area (Å²) in [4.78, 5) is 0. The molecule has 0 atom stereocenters. The van der Waals surface area contributed by atoms with Crippen molar-refractivity contribution in [3.05, 3.63) is 53.1 Å². The van der Waals surface area contributed by atoms with Gasteiger partial charge in [0.05, 0.1) is 0 Å². The number of hydrogen-bond donors (Lipinski definition) is 0. The summed E-state index contributed by atoms with van der Waals surface area (Å²) in [5, 5.41) is 0.770. The Morgan fingerprint density at radius 2 is 2.08 bits per heavy atom. The van der Waals surface area contributed by atoms with E-state index in [9.17, 15) is 0 Å². The third kappa shape index (κ3) is 3.08. The molecule has 1 aromatic carbocycles. The molecule has 0 heterocycles. The molecule has 0 aliphatic rings. The average molecular weight is 193 g/mol. The van der Waals surface area contributed by atoms with Gasteiger partial charge in [-0.15, -0.1) is 0 Å². The minimum atomic E-state index is 0.770. The highest BCUT2D eigenvalue weighted by Gasteiger charge is 1.95. The van der Waals surface area contributed by atoms with Crippen LogP contribution in [0.1, 0.15) is 19.4 Å². The average Bonchev–Trinajstić information content (AvgIpc) is 2.03. The van der Waals surface area contributed by atoms with Crippen LogP contribution in [0, 0.1) is 0 Å². The van der Waals surface area contributed by atoms with E-state index in [1.54, 1.807) is 0 Å². The molecule has 13 heavy (non-hydrogen) atoms. The van der Waals surface area contributed by atoms with E-state index in [0.29, 0.717) is 0 Å². The Morgan fingerprint density at radius 1 is 1.38 bits per heavy atom. The lowest BCUT2D eigenvalue weighted by molar-refractivity contribution is 1.51. The highest BCUT2D eigenvalue weighted by Crippen LogP contribution is 2.19. The Balaban J connectivity index is 3.02. The molecule has 0 unspecified atom stereocenters. The number of halogens is 1. The Kier molecular flexibility index (Phi) is 3.32. The first kappa shape index (κ1) is 10.1. The fourth-order valence-corrected chi connectivity index (χ4v) is 1.38. The second-order valence-corrected chi connectivity index (χ2v) is 3.62. The normalized spacial score (nSPS) is 11.5.